The summed E-state index contributed by atoms with van der Waals surface area (Å²) in [4.78, 5) is 30.0. The molecule has 0 spiro atoms. The van der Waals surface area contributed by atoms with E-state index in [2.05, 4.69) is 37.2 Å². The second kappa shape index (κ2) is 16.9. The quantitative estimate of drug-likeness (QED) is 0.138. The van der Waals surface area contributed by atoms with Crippen molar-refractivity contribution in [2.45, 2.75) is 44.7 Å². The summed E-state index contributed by atoms with van der Waals surface area (Å²) in [6.07, 6.45) is 0.243. The third kappa shape index (κ3) is 10.2. The Hall–Kier alpha value is -3.67. The van der Waals surface area contributed by atoms with Crippen molar-refractivity contribution in [2.75, 3.05) is 24.0 Å². The first-order chi connectivity index (χ1) is 22.5. The number of benzene rings is 4. The Bertz CT molecular complexity index is 1730. The van der Waals surface area contributed by atoms with Crippen molar-refractivity contribution in [3.05, 3.63) is 123 Å². The molecule has 0 unspecified atom stereocenters. The molecular formula is C36H39Br2N3O5S. The summed E-state index contributed by atoms with van der Waals surface area (Å²) in [6.45, 7) is 6.28. The zero-order valence-electron chi connectivity index (χ0n) is 26.6. The highest BCUT2D eigenvalue weighted by molar-refractivity contribution is 9.10. The molecule has 11 heteroatoms. The van der Waals surface area contributed by atoms with Crippen LogP contribution in [0.4, 0.5) is 5.69 Å². The molecule has 4 aromatic carbocycles. The van der Waals surface area contributed by atoms with Gasteiger partial charge in [0.25, 0.3) is 10.0 Å². The maximum atomic E-state index is 14.6. The van der Waals surface area contributed by atoms with Crippen molar-refractivity contribution in [1.82, 2.24) is 10.2 Å². The van der Waals surface area contributed by atoms with Gasteiger partial charge in [-0.1, -0.05) is 88.2 Å². The molecule has 0 saturated carbocycles. The molecule has 4 aromatic rings. The summed E-state index contributed by atoms with van der Waals surface area (Å²) in [5.74, 6) is -0.0733. The van der Waals surface area contributed by atoms with Gasteiger partial charge in [-0.15, -0.1) is 0 Å². The highest BCUT2D eigenvalue weighted by Gasteiger charge is 2.34. The van der Waals surface area contributed by atoms with Gasteiger partial charge >= 0.3 is 0 Å². The second-order valence-electron chi connectivity index (χ2n) is 11.4. The Morgan fingerprint density at radius 3 is 2.11 bits per heavy atom. The summed E-state index contributed by atoms with van der Waals surface area (Å²) in [7, 11) is -4.21. The molecule has 0 heterocycles. The van der Waals surface area contributed by atoms with E-state index >= 15 is 0 Å². The summed E-state index contributed by atoms with van der Waals surface area (Å²) < 4.78 is 36.6. The largest absolute Gasteiger partial charge is 0.494 e. The average Bonchev–Trinajstić information content (AvgIpc) is 3.05. The molecule has 0 radical (unpaired) electrons. The third-order valence-electron chi connectivity index (χ3n) is 7.31. The molecule has 8 nitrogen and oxygen atoms in total. The van der Waals surface area contributed by atoms with E-state index < -0.39 is 28.5 Å². The zero-order valence-corrected chi connectivity index (χ0v) is 30.6. The first kappa shape index (κ1) is 36.2. The molecule has 1 N–H and O–H groups in total. The maximum Gasteiger partial charge on any atom is 0.264 e. The molecule has 248 valence electrons. The molecule has 0 aliphatic rings. The minimum absolute atomic E-state index is 0.0245. The standard InChI is InChI=1S/C36H39Br2N3O5S/c1-4-46-32-17-15-31(16-18-32)41(47(44,45)33-19-13-29(37)14-20-33)25-35(42)40(24-28-11-8-12-30(38)21-28)34(36(43)39-23-26(2)3)22-27-9-6-5-7-10-27/h5-21,26,34H,4,22-25H2,1-3H3,(H,39,43)/t34-/m1/s1. The van der Waals surface area contributed by atoms with Crippen LogP contribution in [0.3, 0.4) is 0 Å². The lowest BCUT2D eigenvalue weighted by molar-refractivity contribution is -0.140. The minimum Gasteiger partial charge on any atom is -0.494 e. The molecule has 1 atom stereocenters. The average molecular weight is 786 g/mol. The highest BCUT2D eigenvalue weighted by atomic mass is 79.9. The lowest BCUT2D eigenvalue weighted by Crippen LogP contribution is -2.53. The van der Waals surface area contributed by atoms with Crippen molar-refractivity contribution < 1.29 is 22.7 Å². The normalized spacial score (nSPS) is 12.0. The van der Waals surface area contributed by atoms with Crippen molar-refractivity contribution in [3.8, 4) is 5.75 Å². The first-order valence-electron chi connectivity index (χ1n) is 15.3. The van der Waals surface area contributed by atoms with Gasteiger partial charge in [0, 0.05) is 28.5 Å². The van der Waals surface area contributed by atoms with Crippen LogP contribution in [0.25, 0.3) is 0 Å². The molecule has 0 aliphatic heterocycles. The molecule has 2 amide bonds. The van der Waals surface area contributed by atoms with Crippen molar-refractivity contribution in [3.63, 3.8) is 0 Å². The van der Waals surface area contributed by atoms with Crippen molar-refractivity contribution in [2.24, 2.45) is 5.92 Å². The van der Waals surface area contributed by atoms with Gasteiger partial charge in [-0.25, -0.2) is 8.42 Å². The molecule has 0 fully saturated rings. The number of carbonyl (C=O) groups is 2. The number of hydrogen-bond acceptors (Lipinski definition) is 5. The zero-order chi connectivity index (χ0) is 34.0. The molecule has 47 heavy (non-hydrogen) atoms. The predicted molar refractivity (Wildman–Crippen MR) is 193 cm³/mol. The second-order valence-corrected chi connectivity index (χ2v) is 15.1. The van der Waals surface area contributed by atoms with E-state index in [0.29, 0.717) is 18.9 Å². The van der Waals surface area contributed by atoms with Crippen LogP contribution in [0, 0.1) is 5.92 Å². The highest BCUT2D eigenvalue weighted by Crippen LogP contribution is 2.28. The molecule has 4 rings (SSSR count). The Balaban J connectivity index is 1.80. The number of nitrogens with one attached hydrogen (secondary N) is 1. The SMILES string of the molecule is CCOc1ccc(N(CC(=O)N(Cc2cccc(Br)c2)[C@H](Cc2ccccc2)C(=O)NCC(C)C)S(=O)(=O)c2ccc(Br)cc2)cc1. The van der Waals surface area contributed by atoms with Crippen molar-refractivity contribution >= 4 is 59.4 Å². The van der Waals surface area contributed by atoms with Crippen LogP contribution in [0.2, 0.25) is 0 Å². The van der Waals surface area contributed by atoms with E-state index in [-0.39, 0.29) is 35.4 Å². The van der Waals surface area contributed by atoms with Gasteiger partial charge in [0.1, 0.15) is 18.3 Å². The number of sulfonamides is 1. The number of halogens is 2. The Labute approximate surface area is 294 Å². The van der Waals surface area contributed by atoms with Gasteiger partial charge < -0.3 is 15.0 Å². The van der Waals surface area contributed by atoms with E-state index in [1.807, 2.05) is 75.4 Å². The molecule has 0 aromatic heterocycles. The van der Waals surface area contributed by atoms with Gasteiger partial charge in [0.15, 0.2) is 0 Å². The fraction of sp³-hybridized carbons (Fsp3) is 0.278. The number of carbonyl (C=O) groups excluding carboxylic acids is 2. The molecule has 0 bridgehead atoms. The van der Waals surface area contributed by atoms with Crippen LogP contribution >= 0.6 is 31.9 Å². The van der Waals surface area contributed by atoms with Crippen LogP contribution in [0.1, 0.15) is 31.9 Å². The first-order valence-corrected chi connectivity index (χ1v) is 18.4. The van der Waals surface area contributed by atoms with Gasteiger partial charge in [0.2, 0.25) is 11.8 Å². The number of nitrogens with zero attached hydrogens (tertiary/aromatic N) is 2. The van der Waals surface area contributed by atoms with Crippen LogP contribution in [-0.2, 0) is 32.6 Å². The smallest absolute Gasteiger partial charge is 0.264 e. The Kier molecular flexibility index (Phi) is 13.0. The fourth-order valence-corrected chi connectivity index (χ4v) is 7.07. The van der Waals surface area contributed by atoms with E-state index in [0.717, 1.165) is 24.4 Å². The van der Waals surface area contributed by atoms with E-state index in [1.165, 1.54) is 17.0 Å². The minimum atomic E-state index is -4.21. The van der Waals surface area contributed by atoms with E-state index in [1.54, 1.807) is 36.4 Å². The van der Waals surface area contributed by atoms with E-state index in [4.69, 9.17) is 4.74 Å². The van der Waals surface area contributed by atoms with Crippen LogP contribution in [-0.4, -0.2) is 50.9 Å². The molecule has 0 saturated heterocycles. The summed E-state index contributed by atoms with van der Waals surface area (Å²) in [5.41, 5.74) is 1.94. The molecular weight excluding hydrogens is 746 g/mol. The van der Waals surface area contributed by atoms with E-state index in [9.17, 15) is 18.0 Å². The van der Waals surface area contributed by atoms with Gasteiger partial charge in [-0.2, -0.15) is 0 Å². The number of ether oxygens (including phenoxy) is 1. The Morgan fingerprint density at radius 2 is 1.49 bits per heavy atom. The fourth-order valence-electron chi connectivity index (χ4n) is 4.95. The lowest BCUT2D eigenvalue weighted by atomic mass is 10.0. The number of rotatable bonds is 15. The molecule has 0 aliphatic carbocycles. The van der Waals surface area contributed by atoms with Crippen molar-refractivity contribution in [1.29, 1.82) is 0 Å². The van der Waals surface area contributed by atoms with Crippen LogP contribution in [0.5, 0.6) is 5.75 Å². The maximum absolute atomic E-state index is 14.6. The summed E-state index contributed by atoms with van der Waals surface area (Å²) >= 11 is 6.88. The third-order valence-corrected chi connectivity index (χ3v) is 10.1. The predicted octanol–water partition coefficient (Wildman–Crippen LogP) is 7.22. The van der Waals surface area contributed by atoms with Crippen LogP contribution in [0.15, 0.2) is 117 Å². The van der Waals surface area contributed by atoms with Crippen LogP contribution < -0.4 is 14.4 Å². The number of anilines is 1. The van der Waals surface area contributed by atoms with Gasteiger partial charge in [0.05, 0.1) is 17.2 Å². The topological polar surface area (TPSA) is 96.0 Å². The monoisotopic (exact) mass is 783 g/mol. The van der Waals surface area contributed by atoms with Gasteiger partial charge in [-0.3, -0.25) is 13.9 Å². The Morgan fingerprint density at radius 1 is 0.830 bits per heavy atom. The lowest BCUT2D eigenvalue weighted by Gasteiger charge is -2.34. The van der Waals surface area contributed by atoms with Gasteiger partial charge in [-0.05, 0) is 84.6 Å². The number of hydrogen-bond donors (Lipinski definition) is 1. The summed E-state index contributed by atoms with van der Waals surface area (Å²) in [6, 6.07) is 28.9. The number of amides is 2. The summed E-state index contributed by atoms with van der Waals surface area (Å²) in [5, 5.41) is 3.01.